The summed E-state index contributed by atoms with van der Waals surface area (Å²) < 4.78 is 5.00. The number of rotatable bonds is 4. The number of methoxy groups -OCH3 is 1. The van der Waals surface area contributed by atoms with Crippen molar-refractivity contribution in [2.75, 3.05) is 50.2 Å². The molecule has 4 nitrogen and oxygen atoms in total. The Morgan fingerprint density at radius 1 is 1.37 bits per heavy atom. The van der Waals surface area contributed by atoms with Crippen molar-refractivity contribution in [3.8, 4) is 0 Å². The van der Waals surface area contributed by atoms with Gasteiger partial charge in [0.1, 0.15) is 0 Å². The molecule has 1 aliphatic heterocycles. The van der Waals surface area contributed by atoms with E-state index >= 15 is 0 Å². The predicted molar refractivity (Wildman–Crippen MR) is 79.4 cm³/mol. The molecule has 2 rings (SSSR count). The average Bonchev–Trinajstić information content (AvgIpc) is 2.50. The molecule has 0 amide bonds. The van der Waals surface area contributed by atoms with Gasteiger partial charge >= 0.3 is 0 Å². The summed E-state index contributed by atoms with van der Waals surface area (Å²) in [6.07, 6.45) is 0.572. The van der Waals surface area contributed by atoms with Crippen molar-refractivity contribution in [1.82, 2.24) is 0 Å². The van der Waals surface area contributed by atoms with Crippen LogP contribution in [0.25, 0.3) is 0 Å². The number of aliphatic hydroxyl groups excluding tert-OH is 1. The number of anilines is 2. The minimum Gasteiger partial charge on any atom is -0.389 e. The Bertz CT molecular complexity index is 428. The zero-order valence-corrected chi connectivity index (χ0v) is 12.2. The van der Waals surface area contributed by atoms with Gasteiger partial charge in [0.2, 0.25) is 0 Å². The zero-order chi connectivity index (χ0) is 13.8. The maximum atomic E-state index is 9.94. The number of ether oxygens (including phenoxy) is 1. The summed E-state index contributed by atoms with van der Waals surface area (Å²) in [5, 5.41) is 10.7. The van der Waals surface area contributed by atoms with E-state index in [9.17, 15) is 5.11 Å². The monoisotopic (exact) mass is 284 g/mol. The molecule has 0 saturated heterocycles. The van der Waals surface area contributed by atoms with Crippen LogP contribution in [0.3, 0.4) is 0 Å². The van der Waals surface area contributed by atoms with E-state index < -0.39 is 6.10 Å². The minimum atomic E-state index is -0.486. The molecular weight excluding hydrogens is 264 g/mol. The molecule has 0 aromatic heterocycles. The minimum absolute atomic E-state index is 0.349. The molecule has 1 N–H and O–H groups in total. The van der Waals surface area contributed by atoms with Crippen LogP contribution in [-0.2, 0) is 4.74 Å². The molecule has 1 aliphatic rings. The molecular formula is C14H21ClN2O2. The highest BCUT2D eigenvalue weighted by Crippen LogP contribution is 2.34. The van der Waals surface area contributed by atoms with Gasteiger partial charge in [-0.15, -0.1) is 0 Å². The van der Waals surface area contributed by atoms with Gasteiger partial charge in [-0.3, -0.25) is 0 Å². The van der Waals surface area contributed by atoms with Crippen LogP contribution in [0.4, 0.5) is 11.4 Å². The molecule has 0 radical (unpaired) electrons. The molecule has 19 heavy (non-hydrogen) atoms. The third kappa shape index (κ3) is 3.53. The number of β-amino-alcohol motifs (C(OH)–C–C–N with tert-alkyl or cyclic N) is 1. The number of hydrogen-bond donors (Lipinski definition) is 1. The topological polar surface area (TPSA) is 35.9 Å². The molecule has 0 bridgehead atoms. The van der Waals surface area contributed by atoms with Gasteiger partial charge in [-0.05, 0) is 24.6 Å². The normalized spacial score (nSPS) is 17.1. The first-order valence-electron chi connectivity index (χ1n) is 6.54. The standard InChI is InChI=1S/C14H21ClN2O2/c1-16-6-3-7-17(9-12(18)10-19-2)14-8-11(15)4-5-13(14)16/h4-5,8,12,18H,3,6-7,9-10H2,1-2H3/t12-/m1/s1. The van der Waals surface area contributed by atoms with Gasteiger partial charge in [-0.1, -0.05) is 11.6 Å². The van der Waals surface area contributed by atoms with Gasteiger partial charge < -0.3 is 19.6 Å². The summed E-state index contributed by atoms with van der Waals surface area (Å²) in [4.78, 5) is 4.42. The van der Waals surface area contributed by atoms with Crippen molar-refractivity contribution in [1.29, 1.82) is 0 Å². The lowest BCUT2D eigenvalue weighted by Gasteiger charge is -2.28. The van der Waals surface area contributed by atoms with E-state index in [0.29, 0.717) is 13.2 Å². The zero-order valence-electron chi connectivity index (χ0n) is 11.5. The Labute approximate surface area is 119 Å². The molecule has 0 spiro atoms. The highest BCUT2D eigenvalue weighted by Gasteiger charge is 2.20. The number of nitrogens with zero attached hydrogens (tertiary/aromatic N) is 2. The van der Waals surface area contributed by atoms with Crippen LogP contribution < -0.4 is 9.80 Å². The number of halogens is 1. The van der Waals surface area contributed by atoms with E-state index in [0.717, 1.165) is 35.9 Å². The van der Waals surface area contributed by atoms with E-state index in [-0.39, 0.29) is 0 Å². The number of aliphatic hydroxyl groups is 1. The summed E-state index contributed by atoms with van der Waals surface area (Å²) >= 11 is 6.11. The molecule has 1 aromatic carbocycles. The fourth-order valence-electron chi connectivity index (χ4n) is 2.50. The van der Waals surface area contributed by atoms with Crippen LogP contribution >= 0.6 is 11.6 Å². The van der Waals surface area contributed by atoms with Crippen molar-refractivity contribution in [3.63, 3.8) is 0 Å². The predicted octanol–water partition coefficient (Wildman–Crippen LogP) is 1.99. The summed E-state index contributed by atoms with van der Waals surface area (Å²) in [6.45, 7) is 2.83. The first-order valence-corrected chi connectivity index (χ1v) is 6.92. The fraction of sp³-hybridized carbons (Fsp3) is 0.571. The molecule has 1 aromatic rings. The molecule has 1 atom stereocenters. The molecule has 0 fully saturated rings. The molecule has 106 valence electrons. The van der Waals surface area contributed by atoms with Crippen molar-refractivity contribution in [3.05, 3.63) is 23.2 Å². The summed E-state index contributed by atoms with van der Waals surface area (Å²) in [5.74, 6) is 0. The molecule has 5 heteroatoms. The van der Waals surface area contributed by atoms with Crippen LogP contribution in [0.15, 0.2) is 18.2 Å². The van der Waals surface area contributed by atoms with Crippen molar-refractivity contribution < 1.29 is 9.84 Å². The summed E-state index contributed by atoms with van der Waals surface area (Å²) in [7, 11) is 3.69. The molecule has 0 unspecified atom stereocenters. The van der Waals surface area contributed by atoms with E-state index in [2.05, 4.69) is 16.8 Å². The van der Waals surface area contributed by atoms with Gasteiger partial charge in [0.15, 0.2) is 0 Å². The summed E-state index contributed by atoms with van der Waals surface area (Å²) in [5.41, 5.74) is 2.24. The van der Waals surface area contributed by atoms with Crippen LogP contribution in [0.5, 0.6) is 0 Å². The lowest BCUT2D eigenvalue weighted by atomic mass is 10.2. The van der Waals surface area contributed by atoms with E-state index in [1.54, 1.807) is 7.11 Å². The second kappa shape index (κ2) is 6.46. The second-order valence-corrected chi connectivity index (χ2v) is 5.40. The highest BCUT2D eigenvalue weighted by molar-refractivity contribution is 6.31. The van der Waals surface area contributed by atoms with Crippen molar-refractivity contribution >= 4 is 23.0 Å². The van der Waals surface area contributed by atoms with E-state index in [1.807, 2.05) is 18.2 Å². The van der Waals surface area contributed by atoms with E-state index in [4.69, 9.17) is 16.3 Å². The largest absolute Gasteiger partial charge is 0.389 e. The van der Waals surface area contributed by atoms with Gasteiger partial charge in [0.25, 0.3) is 0 Å². The Morgan fingerprint density at radius 3 is 2.89 bits per heavy atom. The van der Waals surface area contributed by atoms with Crippen molar-refractivity contribution in [2.24, 2.45) is 0 Å². The lowest BCUT2D eigenvalue weighted by Crippen LogP contribution is -2.35. The lowest BCUT2D eigenvalue weighted by molar-refractivity contribution is 0.0688. The van der Waals surface area contributed by atoms with Gasteiger partial charge in [0.05, 0.1) is 24.1 Å². The third-order valence-electron chi connectivity index (χ3n) is 3.40. The maximum absolute atomic E-state index is 9.94. The number of benzene rings is 1. The average molecular weight is 285 g/mol. The highest BCUT2D eigenvalue weighted by atomic mass is 35.5. The Balaban J connectivity index is 2.25. The maximum Gasteiger partial charge on any atom is 0.0947 e. The SMILES string of the molecule is COC[C@H](O)CN1CCCN(C)c2ccc(Cl)cc21. The first-order chi connectivity index (χ1) is 9.11. The Kier molecular flexibility index (Phi) is 4.91. The fourth-order valence-corrected chi connectivity index (χ4v) is 2.67. The molecule has 1 heterocycles. The van der Waals surface area contributed by atoms with Crippen LogP contribution in [0.1, 0.15) is 6.42 Å². The van der Waals surface area contributed by atoms with Gasteiger partial charge in [-0.2, -0.15) is 0 Å². The van der Waals surface area contributed by atoms with Crippen LogP contribution in [0, 0.1) is 0 Å². The van der Waals surface area contributed by atoms with Gasteiger partial charge in [0, 0.05) is 38.8 Å². The third-order valence-corrected chi connectivity index (χ3v) is 3.64. The Hall–Kier alpha value is -0.970. The first kappa shape index (κ1) is 14.4. The smallest absolute Gasteiger partial charge is 0.0947 e. The number of fused-ring (bicyclic) bond motifs is 1. The van der Waals surface area contributed by atoms with E-state index in [1.165, 1.54) is 0 Å². The Morgan fingerprint density at radius 2 is 2.16 bits per heavy atom. The summed E-state index contributed by atoms with van der Waals surface area (Å²) in [6, 6.07) is 5.92. The van der Waals surface area contributed by atoms with Crippen molar-refractivity contribution in [2.45, 2.75) is 12.5 Å². The molecule has 0 saturated carbocycles. The quantitative estimate of drug-likeness (QED) is 0.917. The number of hydrogen-bond acceptors (Lipinski definition) is 4. The van der Waals surface area contributed by atoms with Gasteiger partial charge in [-0.25, -0.2) is 0 Å². The van der Waals surface area contributed by atoms with Crippen LogP contribution in [-0.4, -0.2) is 51.6 Å². The second-order valence-electron chi connectivity index (χ2n) is 4.96. The molecule has 0 aliphatic carbocycles. The van der Waals surface area contributed by atoms with Crippen LogP contribution in [0.2, 0.25) is 5.02 Å².